The summed E-state index contributed by atoms with van der Waals surface area (Å²) in [5.41, 5.74) is 2.35. The second kappa shape index (κ2) is 10.8. The second-order valence-electron chi connectivity index (χ2n) is 8.74. The Hall–Kier alpha value is -2.57. The minimum atomic E-state index is 0.0374. The number of carbonyl (C=O) groups is 1. The highest BCUT2D eigenvalue weighted by Crippen LogP contribution is 2.29. The number of hydrogen-bond donors (Lipinski definition) is 0. The van der Waals surface area contributed by atoms with E-state index in [-0.39, 0.29) is 11.9 Å². The molecule has 0 spiro atoms. The largest absolute Gasteiger partial charge is 0.497 e. The first kappa shape index (κ1) is 22.6. The Morgan fingerprint density at radius 2 is 1.72 bits per heavy atom. The summed E-state index contributed by atoms with van der Waals surface area (Å²) in [6.45, 7) is 8.96. The quantitative estimate of drug-likeness (QED) is 0.632. The normalized spacial score (nSPS) is 19.8. The van der Waals surface area contributed by atoms with Crippen LogP contribution in [0.1, 0.15) is 36.9 Å². The molecule has 32 heavy (non-hydrogen) atoms. The number of benzene rings is 2. The predicted molar refractivity (Wildman–Crippen MR) is 126 cm³/mol. The van der Waals surface area contributed by atoms with Crippen LogP contribution in [0.15, 0.2) is 48.5 Å². The van der Waals surface area contributed by atoms with Gasteiger partial charge >= 0.3 is 0 Å². The van der Waals surface area contributed by atoms with Gasteiger partial charge in [0.1, 0.15) is 18.1 Å². The lowest BCUT2D eigenvalue weighted by atomic mass is 10.0. The zero-order chi connectivity index (χ0) is 22.3. The van der Waals surface area contributed by atoms with E-state index in [2.05, 4.69) is 40.1 Å². The van der Waals surface area contributed by atoms with Gasteiger partial charge in [-0.2, -0.15) is 0 Å². The number of amides is 1. The fraction of sp³-hybridized carbons (Fsp3) is 0.500. The smallest absolute Gasteiger partial charge is 0.220 e. The summed E-state index contributed by atoms with van der Waals surface area (Å²) in [6, 6.07) is 16.5. The van der Waals surface area contributed by atoms with E-state index >= 15 is 0 Å². The van der Waals surface area contributed by atoms with E-state index in [0.717, 1.165) is 56.4 Å². The summed E-state index contributed by atoms with van der Waals surface area (Å²) in [5.74, 6) is 1.92. The molecule has 0 aliphatic carbocycles. The van der Waals surface area contributed by atoms with Crippen LogP contribution in [0.2, 0.25) is 0 Å². The lowest BCUT2D eigenvalue weighted by molar-refractivity contribution is -0.134. The summed E-state index contributed by atoms with van der Waals surface area (Å²) in [7, 11) is 1.67. The Bertz CT molecular complexity index is 880. The van der Waals surface area contributed by atoms with Crippen LogP contribution in [0.4, 0.5) is 0 Å². The van der Waals surface area contributed by atoms with Gasteiger partial charge in [-0.1, -0.05) is 30.3 Å². The molecule has 2 aliphatic heterocycles. The predicted octanol–water partition coefficient (Wildman–Crippen LogP) is 3.58. The van der Waals surface area contributed by atoms with E-state index in [0.29, 0.717) is 0 Å². The number of nitrogens with zero attached hydrogens (tertiary/aromatic N) is 3. The number of piperazine rings is 1. The number of para-hydroxylation sites is 1. The van der Waals surface area contributed by atoms with Gasteiger partial charge in [-0.25, -0.2) is 0 Å². The fourth-order valence-electron chi connectivity index (χ4n) is 4.78. The molecule has 4 rings (SSSR count). The van der Waals surface area contributed by atoms with Crippen LogP contribution in [0, 0.1) is 0 Å². The molecule has 2 heterocycles. The van der Waals surface area contributed by atoms with E-state index in [1.165, 1.54) is 31.5 Å². The van der Waals surface area contributed by atoms with Crippen molar-refractivity contribution in [2.45, 2.75) is 32.4 Å². The molecule has 0 saturated carbocycles. The molecule has 172 valence electrons. The molecule has 2 saturated heterocycles. The second-order valence-corrected chi connectivity index (χ2v) is 8.74. The molecule has 6 nitrogen and oxygen atoms in total. The topological polar surface area (TPSA) is 45.3 Å². The van der Waals surface area contributed by atoms with Crippen molar-refractivity contribution >= 4 is 5.91 Å². The van der Waals surface area contributed by atoms with Gasteiger partial charge in [0.2, 0.25) is 5.91 Å². The SMILES string of the molecule is COc1ccc(C2CN(Cc3ccccc3OCCN3CCCC3)CCN2C(C)=O)cc1. The molecule has 0 radical (unpaired) electrons. The zero-order valence-corrected chi connectivity index (χ0v) is 19.3. The monoisotopic (exact) mass is 437 g/mol. The summed E-state index contributed by atoms with van der Waals surface area (Å²) < 4.78 is 11.5. The molecule has 1 amide bonds. The number of carbonyl (C=O) groups excluding carboxylic acids is 1. The maximum absolute atomic E-state index is 12.3. The van der Waals surface area contributed by atoms with Gasteiger partial charge in [-0.05, 0) is 49.7 Å². The number of ether oxygens (including phenoxy) is 2. The highest BCUT2D eigenvalue weighted by Gasteiger charge is 2.30. The standard InChI is InChI=1S/C26H35N3O3/c1-21(30)29-16-15-28(20-25(29)22-9-11-24(31-2)12-10-22)19-23-7-3-4-8-26(23)32-18-17-27-13-5-6-14-27/h3-4,7-12,25H,5-6,13-20H2,1-2H3. The first-order valence-electron chi connectivity index (χ1n) is 11.7. The van der Waals surface area contributed by atoms with Gasteiger partial charge < -0.3 is 14.4 Å². The summed E-state index contributed by atoms with van der Waals surface area (Å²) in [4.78, 5) is 19.2. The molecule has 2 fully saturated rings. The van der Waals surface area contributed by atoms with Gasteiger partial charge in [-0.15, -0.1) is 0 Å². The number of hydrogen-bond acceptors (Lipinski definition) is 5. The summed E-state index contributed by atoms with van der Waals surface area (Å²) >= 11 is 0. The molecule has 2 aromatic rings. The zero-order valence-electron chi connectivity index (χ0n) is 19.3. The molecular weight excluding hydrogens is 402 g/mol. The summed E-state index contributed by atoms with van der Waals surface area (Å²) in [6.07, 6.45) is 2.61. The number of methoxy groups -OCH3 is 1. The number of likely N-dealkylation sites (tertiary alicyclic amines) is 1. The first-order valence-corrected chi connectivity index (χ1v) is 11.7. The lowest BCUT2D eigenvalue weighted by Gasteiger charge is -2.41. The van der Waals surface area contributed by atoms with Crippen LogP contribution in [0.5, 0.6) is 11.5 Å². The Morgan fingerprint density at radius 1 is 0.969 bits per heavy atom. The Kier molecular flexibility index (Phi) is 7.66. The van der Waals surface area contributed by atoms with Gasteiger partial charge in [-0.3, -0.25) is 14.6 Å². The maximum Gasteiger partial charge on any atom is 0.220 e. The van der Waals surface area contributed by atoms with Crippen molar-refractivity contribution in [1.82, 2.24) is 14.7 Å². The summed E-state index contributed by atoms with van der Waals surface area (Å²) in [5, 5.41) is 0. The van der Waals surface area contributed by atoms with Crippen LogP contribution in [-0.2, 0) is 11.3 Å². The van der Waals surface area contributed by atoms with E-state index in [1.807, 2.05) is 23.1 Å². The van der Waals surface area contributed by atoms with Crippen molar-refractivity contribution < 1.29 is 14.3 Å². The van der Waals surface area contributed by atoms with Crippen LogP contribution < -0.4 is 9.47 Å². The first-order chi connectivity index (χ1) is 15.6. The molecule has 0 N–H and O–H groups in total. The van der Waals surface area contributed by atoms with Crippen molar-refractivity contribution in [2.75, 3.05) is 53.0 Å². The fourth-order valence-corrected chi connectivity index (χ4v) is 4.78. The van der Waals surface area contributed by atoms with E-state index in [1.54, 1.807) is 14.0 Å². The maximum atomic E-state index is 12.3. The molecule has 2 aliphatic rings. The average Bonchev–Trinajstić information content (AvgIpc) is 3.34. The molecule has 6 heteroatoms. The highest BCUT2D eigenvalue weighted by atomic mass is 16.5. The minimum absolute atomic E-state index is 0.0374. The van der Waals surface area contributed by atoms with Crippen molar-refractivity contribution in [3.8, 4) is 11.5 Å². The van der Waals surface area contributed by atoms with Crippen LogP contribution >= 0.6 is 0 Å². The lowest BCUT2D eigenvalue weighted by Crippen LogP contribution is -2.49. The minimum Gasteiger partial charge on any atom is -0.497 e. The molecule has 1 unspecified atom stereocenters. The van der Waals surface area contributed by atoms with E-state index < -0.39 is 0 Å². The molecule has 2 aromatic carbocycles. The third kappa shape index (κ3) is 5.61. The Labute approximate surface area is 191 Å². The third-order valence-electron chi connectivity index (χ3n) is 6.60. The van der Waals surface area contributed by atoms with Crippen LogP contribution in [0.25, 0.3) is 0 Å². The average molecular weight is 438 g/mol. The van der Waals surface area contributed by atoms with Gasteiger partial charge in [0, 0.05) is 45.2 Å². The number of rotatable bonds is 8. The van der Waals surface area contributed by atoms with E-state index in [4.69, 9.17) is 9.47 Å². The Morgan fingerprint density at radius 3 is 2.44 bits per heavy atom. The van der Waals surface area contributed by atoms with Crippen molar-refractivity contribution in [3.05, 3.63) is 59.7 Å². The third-order valence-corrected chi connectivity index (χ3v) is 6.60. The molecule has 0 bridgehead atoms. The molecular formula is C26H35N3O3. The van der Waals surface area contributed by atoms with E-state index in [9.17, 15) is 4.79 Å². The van der Waals surface area contributed by atoms with Gasteiger partial charge in [0.15, 0.2) is 0 Å². The van der Waals surface area contributed by atoms with Crippen molar-refractivity contribution in [1.29, 1.82) is 0 Å². The molecule has 1 atom stereocenters. The Balaban J connectivity index is 1.42. The van der Waals surface area contributed by atoms with Crippen molar-refractivity contribution in [2.24, 2.45) is 0 Å². The van der Waals surface area contributed by atoms with Gasteiger partial charge in [0.05, 0.1) is 13.2 Å². The van der Waals surface area contributed by atoms with Gasteiger partial charge in [0.25, 0.3) is 0 Å². The molecule has 0 aromatic heterocycles. The van der Waals surface area contributed by atoms with Crippen LogP contribution in [-0.4, -0.2) is 73.6 Å². The highest BCUT2D eigenvalue weighted by molar-refractivity contribution is 5.74. The van der Waals surface area contributed by atoms with Crippen LogP contribution in [0.3, 0.4) is 0 Å². The van der Waals surface area contributed by atoms with Crippen molar-refractivity contribution in [3.63, 3.8) is 0 Å².